The molecule has 0 aromatic carbocycles. The molecule has 0 aromatic rings. The molecule has 1 aliphatic heterocycles. The third-order valence-corrected chi connectivity index (χ3v) is 11.2. The van der Waals surface area contributed by atoms with Crippen molar-refractivity contribution in [1.82, 2.24) is 0 Å². The quantitative estimate of drug-likeness (QED) is 0.0197. The zero-order valence-corrected chi connectivity index (χ0v) is 41.3. The van der Waals surface area contributed by atoms with Crippen molar-refractivity contribution in [3.63, 3.8) is 0 Å². The molecule has 4 N–H and O–H groups in total. The molecule has 1 rings (SSSR count). The van der Waals surface area contributed by atoms with Crippen molar-refractivity contribution in [2.75, 3.05) is 26.4 Å². The van der Waals surface area contributed by atoms with Crippen LogP contribution in [0.5, 0.6) is 0 Å². The van der Waals surface area contributed by atoms with Gasteiger partial charge >= 0.3 is 16.4 Å². The first-order valence-corrected chi connectivity index (χ1v) is 26.4. The Hall–Kier alpha value is -2.98. The molecule has 0 bridgehead atoms. The maximum atomic E-state index is 12.9. The second kappa shape index (κ2) is 43.3. The number of hydrogen-bond acceptors (Lipinski definition) is 11. The van der Waals surface area contributed by atoms with Crippen molar-refractivity contribution in [2.24, 2.45) is 0 Å². The van der Waals surface area contributed by atoms with Crippen LogP contribution in [-0.2, 0) is 38.3 Å². The molecule has 1 fully saturated rings. The summed E-state index contributed by atoms with van der Waals surface area (Å²) in [5, 5.41) is 30.7. The van der Waals surface area contributed by atoms with Crippen LogP contribution < -0.4 is 0 Å². The van der Waals surface area contributed by atoms with Crippen LogP contribution >= 0.6 is 0 Å². The lowest BCUT2D eigenvalue weighted by Gasteiger charge is -2.41. The van der Waals surface area contributed by atoms with E-state index < -0.39 is 59.8 Å². The van der Waals surface area contributed by atoms with Crippen molar-refractivity contribution in [3.8, 4) is 0 Å². The molecule has 6 atom stereocenters. The molecule has 66 heavy (non-hydrogen) atoms. The third kappa shape index (κ3) is 36.1. The van der Waals surface area contributed by atoms with Gasteiger partial charge in [0, 0.05) is 13.0 Å². The Bertz CT molecular complexity index is 1520. The van der Waals surface area contributed by atoms with Crippen molar-refractivity contribution >= 4 is 16.4 Å². The number of aliphatic hydroxyl groups excluding tert-OH is 3. The van der Waals surface area contributed by atoms with Gasteiger partial charge in [0.2, 0.25) is 0 Å². The van der Waals surface area contributed by atoms with Gasteiger partial charge in [-0.15, -0.1) is 0 Å². The van der Waals surface area contributed by atoms with Gasteiger partial charge in [-0.1, -0.05) is 162 Å². The highest BCUT2D eigenvalue weighted by Crippen LogP contribution is 2.26. The minimum atomic E-state index is -5.08. The van der Waals surface area contributed by atoms with Crippen molar-refractivity contribution in [2.45, 2.75) is 205 Å². The van der Waals surface area contributed by atoms with E-state index in [9.17, 15) is 33.1 Å². The number of hydrogen-bond donors (Lipinski definition) is 4. The molecule has 12 nitrogen and oxygen atoms in total. The molecular formula is C53H88O12S. The largest absolute Gasteiger partial charge is 0.457 e. The molecule has 1 saturated heterocycles. The second-order valence-corrected chi connectivity index (χ2v) is 17.7. The highest BCUT2D eigenvalue weighted by Gasteiger charge is 2.48. The number of aliphatic hydroxyl groups is 3. The Kier molecular flexibility index (Phi) is 40.1. The van der Waals surface area contributed by atoms with Gasteiger partial charge in [0.15, 0.2) is 6.29 Å². The summed E-state index contributed by atoms with van der Waals surface area (Å²) in [5.41, 5.74) is 0. The molecule has 6 unspecified atom stereocenters. The average molecular weight is 949 g/mol. The van der Waals surface area contributed by atoms with Gasteiger partial charge in [0.05, 0.1) is 19.8 Å². The zero-order valence-electron chi connectivity index (χ0n) is 40.5. The van der Waals surface area contributed by atoms with E-state index in [-0.39, 0.29) is 19.6 Å². The first kappa shape index (κ1) is 61.0. The Labute approximate surface area is 399 Å². The maximum absolute atomic E-state index is 12.9. The molecule has 0 spiro atoms. The monoisotopic (exact) mass is 949 g/mol. The summed E-state index contributed by atoms with van der Waals surface area (Å²) in [4.78, 5) is 12.9. The highest BCUT2D eigenvalue weighted by atomic mass is 32.3. The maximum Gasteiger partial charge on any atom is 0.397 e. The molecule has 1 heterocycles. The van der Waals surface area contributed by atoms with Crippen LogP contribution in [0.3, 0.4) is 0 Å². The topological polar surface area (TPSA) is 178 Å². The van der Waals surface area contributed by atoms with E-state index in [1.165, 1.54) is 38.5 Å². The van der Waals surface area contributed by atoms with Crippen LogP contribution in [0.25, 0.3) is 0 Å². The van der Waals surface area contributed by atoms with Gasteiger partial charge in [0.1, 0.15) is 30.5 Å². The lowest BCUT2D eigenvalue weighted by molar-refractivity contribution is -0.301. The van der Waals surface area contributed by atoms with Crippen LogP contribution in [0.1, 0.15) is 168 Å². The van der Waals surface area contributed by atoms with E-state index in [4.69, 9.17) is 18.9 Å². The summed E-state index contributed by atoms with van der Waals surface area (Å²) < 4.78 is 59.1. The molecule has 0 aliphatic carbocycles. The minimum absolute atomic E-state index is 0.00534. The number of ether oxygens (including phenoxy) is 4. The third-order valence-electron chi connectivity index (χ3n) is 10.7. The van der Waals surface area contributed by atoms with Crippen molar-refractivity contribution < 1.29 is 56.2 Å². The number of unbranched alkanes of at least 4 members (excludes halogenated alkanes) is 13. The summed E-state index contributed by atoms with van der Waals surface area (Å²) in [6.45, 7) is 3.72. The lowest BCUT2D eigenvalue weighted by Crippen LogP contribution is -2.60. The number of rotatable bonds is 42. The summed E-state index contributed by atoms with van der Waals surface area (Å²) in [5.74, 6) is -0.431. The van der Waals surface area contributed by atoms with Crippen LogP contribution in [-0.4, -0.2) is 97.5 Å². The number of carbonyl (C=O) groups excluding carboxylic acids is 1. The first-order valence-electron chi connectivity index (χ1n) is 25.0. The van der Waals surface area contributed by atoms with E-state index in [0.29, 0.717) is 13.0 Å². The Morgan fingerprint density at radius 1 is 0.591 bits per heavy atom. The summed E-state index contributed by atoms with van der Waals surface area (Å²) in [6.07, 6.45) is 50.1. The van der Waals surface area contributed by atoms with Crippen molar-refractivity contribution in [3.05, 3.63) is 97.2 Å². The smallest absolute Gasteiger partial charge is 0.397 e. The second-order valence-electron chi connectivity index (χ2n) is 16.7. The van der Waals surface area contributed by atoms with Crippen LogP contribution in [0, 0.1) is 0 Å². The number of esters is 1. The standard InChI is InChI=1S/C53H88O12S/c1-3-5-7-9-11-13-15-17-19-21-23-24-25-26-28-30-32-34-36-38-40-42-49(55)63-47(46-62-53-51(57)52(65-66(58,59)60)50(56)48(44-54)64-53)45-61-43-41-39-37-35-33-31-29-27-22-20-18-16-14-12-10-8-6-4-2/h6,8,12,14-15,17-18,20-21,23,25-27,29,33,35,47-48,50-54,56-57H,3-5,7,9-11,13,16,19,22,24,28,30-32,34,36-46H2,1-2H3,(H,58,59,60)/b8-6-,14-12-,17-15-,20-18-,23-21-,26-25-,29-27-,35-33-. The zero-order chi connectivity index (χ0) is 48.2. The predicted octanol–water partition coefficient (Wildman–Crippen LogP) is 11.4. The van der Waals surface area contributed by atoms with E-state index in [0.717, 1.165) is 103 Å². The minimum Gasteiger partial charge on any atom is -0.457 e. The SMILES string of the molecule is CC/C=C\C/C=C\C/C=C\C/C=C\C/C=C\CCCCOCC(COC1OC(CO)C(O)C(OS(=O)(=O)O)C1O)OC(=O)CCCCCCCC/C=C\C/C=C\C/C=C\CCCCCCC. The van der Waals surface area contributed by atoms with E-state index >= 15 is 0 Å². The van der Waals surface area contributed by atoms with Gasteiger partial charge in [-0.25, -0.2) is 4.18 Å². The Morgan fingerprint density at radius 3 is 1.53 bits per heavy atom. The Morgan fingerprint density at radius 2 is 1.05 bits per heavy atom. The summed E-state index contributed by atoms with van der Waals surface area (Å²) in [6, 6.07) is 0. The van der Waals surface area contributed by atoms with Crippen LogP contribution in [0.15, 0.2) is 97.2 Å². The van der Waals surface area contributed by atoms with Gasteiger partial charge < -0.3 is 34.3 Å². The fourth-order valence-electron chi connectivity index (χ4n) is 6.94. The molecule has 378 valence electrons. The van der Waals surface area contributed by atoms with Crippen LogP contribution in [0.2, 0.25) is 0 Å². The summed E-state index contributed by atoms with van der Waals surface area (Å²) >= 11 is 0. The number of carbonyl (C=O) groups is 1. The average Bonchev–Trinajstić information content (AvgIpc) is 3.29. The molecule has 13 heteroatoms. The van der Waals surface area contributed by atoms with Gasteiger partial charge in [-0.2, -0.15) is 8.42 Å². The van der Waals surface area contributed by atoms with Crippen LogP contribution in [0.4, 0.5) is 0 Å². The molecule has 0 saturated carbocycles. The Balaban J connectivity index is 2.44. The first-order chi connectivity index (χ1) is 32.1. The van der Waals surface area contributed by atoms with Gasteiger partial charge in [-0.05, 0) is 96.3 Å². The van der Waals surface area contributed by atoms with Gasteiger partial charge in [-0.3, -0.25) is 9.35 Å². The van der Waals surface area contributed by atoms with E-state index in [2.05, 4.69) is 115 Å². The summed E-state index contributed by atoms with van der Waals surface area (Å²) in [7, 11) is -5.08. The van der Waals surface area contributed by atoms with Gasteiger partial charge in [0.25, 0.3) is 0 Å². The fourth-order valence-corrected chi connectivity index (χ4v) is 7.45. The van der Waals surface area contributed by atoms with E-state index in [1.807, 2.05) is 0 Å². The normalized spacial score (nSPS) is 20.4. The van der Waals surface area contributed by atoms with Crippen molar-refractivity contribution in [1.29, 1.82) is 0 Å². The molecule has 0 amide bonds. The predicted molar refractivity (Wildman–Crippen MR) is 266 cm³/mol. The molecule has 0 aromatic heterocycles. The molecular weight excluding hydrogens is 861 g/mol. The fraction of sp³-hybridized carbons (Fsp3) is 0.679. The number of allylic oxidation sites excluding steroid dienone is 16. The van der Waals surface area contributed by atoms with E-state index in [1.54, 1.807) is 0 Å². The lowest BCUT2D eigenvalue weighted by atomic mass is 9.99. The highest BCUT2D eigenvalue weighted by molar-refractivity contribution is 7.80. The molecule has 1 aliphatic rings. The molecule has 0 radical (unpaired) electrons.